The highest BCUT2D eigenvalue weighted by molar-refractivity contribution is 14.0. The van der Waals surface area contributed by atoms with E-state index in [2.05, 4.69) is 39.2 Å². The van der Waals surface area contributed by atoms with Crippen LogP contribution in [0.5, 0.6) is 0 Å². The SMILES string of the molecule is C1CCOC1.C[C@@H]1CN(c2nc3nncn3c3c2ncn3C)[C@@H](C)CN1.I.[HH]. The summed E-state index contributed by atoms with van der Waals surface area (Å²) < 4.78 is 8.80. The molecule has 10 heteroatoms. The van der Waals surface area contributed by atoms with Crippen molar-refractivity contribution in [1.82, 2.24) is 34.4 Å². The van der Waals surface area contributed by atoms with Crippen molar-refractivity contribution >= 4 is 46.7 Å². The van der Waals surface area contributed by atoms with Gasteiger partial charge in [-0.2, -0.15) is 4.98 Å². The second kappa shape index (κ2) is 8.65. The molecule has 0 aromatic carbocycles. The van der Waals surface area contributed by atoms with Gasteiger partial charge in [-0.15, -0.1) is 34.2 Å². The molecule has 150 valence electrons. The maximum Gasteiger partial charge on any atom is 0.258 e. The van der Waals surface area contributed by atoms with Crippen molar-refractivity contribution in [3.63, 3.8) is 0 Å². The lowest BCUT2D eigenvalue weighted by molar-refractivity contribution is 0.198. The van der Waals surface area contributed by atoms with E-state index in [1.54, 1.807) is 6.33 Å². The highest BCUT2D eigenvalue weighted by Crippen LogP contribution is 2.26. The third-order valence-corrected chi connectivity index (χ3v) is 4.95. The molecule has 5 rings (SSSR count). The van der Waals surface area contributed by atoms with Gasteiger partial charge in [-0.25, -0.2) is 9.38 Å². The lowest BCUT2D eigenvalue weighted by Crippen LogP contribution is -2.54. The highest BCUT2D eigenvalue weighted by Gasteiger charge is 2.27. The highest BCUT2D eigenvalue weighted by atomic mass is 127. The number of rotatable bonds is 1. The summed E-state index contributed by atoms with van der Waals surface area (Å²) in [5.74, 6) is 1.51. The summed E-state index contributed by atoms with van der Waals surface area (Å²) in [5, 5.41) is 11.6. The first-order valence-electron chi connectivity index (χ1n) is 9.23. The molecular weight excluding hydrogens is 459 g/mol. The second-order valence-corrected chi connectivity index (χ2v) is 7.09. The zero-order valence-electron chi connectivity index (χ0n) is 16.0. The van der Waals surface area contributed by atoms with Gasteiger partial charge in [-0.3, -0.25) is 0 Å². The molecule has 0 unspecified atom stereocenters. The Morgan fingerprint density at radius 3 is 2.70 bits per heavy atom. The number of aromatic nitrogens is 6. The fourth-order valence-electron chi connectivity index (χ4n) is 3.50. The Labute approximate surface area is 177 Å². The van der Waals surface area contributed by atoms with Crippen LogP contribution >= 0.6 is 24.0 Å². The molecule has 3 aromatic heterocycles. The topological polar surface area (TPSA) is 85.4 Å². The van der Waals surface area contributed by atoms with E-state index >= 15 is 0 Å². The van der Waals surface area contributed by atoms with Crippen molar-refractivity contribution in [2.45, 2.75) is 38.8 Å². The van der Waals surface area contributed by atoms with Crippen LogP contribution < -0.4 is 10.2 Å². The van der Waals surface area contributed by atoms with Crippen LogP contribution in [0.15, 0.2) is 12.7 Å². The molecule has 0 spiro atoms. The van der Waals surface area contributed by atoms with Crippen LogP contribution in [-0.4, -0.2) is 67.5 Å². The van der Waals surface area contributed by atoms with Gasteiger partial charge < -0.3 is 19.5 Å². The summed E-state index contributed by atoms with van der Waals surface area (Å²) in [6.45, 7) is 8.23. The Balaban J connectivity index is 0.000000352. The van der Waals surface area contributed by atoms with E-state index in [9.17, 15) is 0 Å². The summed E-state index contributed by atoms with van der Waals surface area (Å²) in [6, 6.07) is 0.792. The number of hydrogen-bond acceptors (Lipinski definition) is 7. The molecule has 9 nitrogen and oxygen atoms in total. The third-order valence-electron chi connectivity index (χ3n) is 4.95. The fraction of sp³-hybridized carbons (Fsp3) is 0.647. The van der Waals surface area contributed by atoms with Crippen molar-refractivity contribution in [3.8, 4) is 0 Å². The molecule has 3 aromatic rings. The number of ether oxygens (including phenoxy) is 1. The Morgan fingerprint density at radius 2 is 2.00 bits per heavy atom. The predicted molar refractivity (Wildman–Crippen MR) is 117 cm³/mol. The Morgan fingerprint density at radius 1 is 1.22 bits per heavy atom. The number of nitrogens with zero attached hydrogens (tertiary/aromatic N) is 7. The standard InChI is InChI=1S/C13H18N8.C4H8O.HI.H2/c1-8-5-20(9(2)4-14-8)11-10-12(19(3)6-15-10)21-7-16-18-13(21)17-11;1-2-4-5-3-1;;/h6-9,14H,4-5H2,1-3H3;1-4H2;2*1H/t8-,9+;;;/m1.../s1. The van der Waals surface area contributed by atoms with Crippen LogP contribution in [0, 0.1) is 0 Å². The van der Waals surface area contributed by atoms with Gasteiger partial charge in [-0.05, 0) is 26.7 Å². The number of halogens is 1. The number of fused-ring (bicyclic) bond motifs is 3. The van der Waals surface area contributed by atoms with E-state index in [0.29, 0.717) is 17.9 Å². The first-order chi connectivity index (χ1) is 12.6. The molecular formula is C17H29IN8O. The minimum absolute atomic E-state index is 0. The van der Waals surface area contributed by atoms with Crippen LogP contribution in [0.4, 0.5) is 5.82 Å². The Hall–Kier alpha value is -1.53. The largest absolute Gasteiger partial charge is 0.381 e. The zero-order chi connectivity index (χ0) is 18.1. The first-order valence-corrected chi connectivity index (χ1v) is 9.23. The van der Waals surface area contributed by atoms with Gasteiger partial charge in [0.15, 0.2) is 11.5 Å². The average molecular weight is 488 g/mol. The Bertz CT molecular complexity index is 888. The zero-order valence-corrected chi connectivity index (χ0v) is 18.3. The number of hydrogen-bond donors (Lipinski definition) is 1. The van der Waals surface area contributed by atoms with Crippen molar-refractivity contribution in [3.05, 3.63) is 12.7 Å². The van der Waals surface area contributed by atoms with Crippen molar-refractivity contribution in [2.24, 2.45) is 7.05 Å². The van der Waals surface area contributed by atoms with E-state index in [1.165, 1.54) is 12.8 Å². The predicted octanol–water partition coefficient (Wildman–Crippen LogP) is 1.86. The average Bonchev–Trinajstić information content (AvgIpc) is 3.38. The molecule has 2 atom stereocenters. The van der Waals surface area contributed by atoms with Gasteiger partial charge in [0.25, 0.3) is 5.78 Å². The number of nitrogens with one attached hydrogen (secondary N) is 1. The van der Waals surface area contributed by atoms with Gasteiger partial charge in [0.2, 0.25) is 0 Å². The summed E-state index contributed by atoms with van der Waals surface area (Å²) >= 11 is 0. The minimum atomic E-state index is 0. The Kier molecular flexibility index (Phi) is 6.48. The maximum absolute atomic E-state index is 4.94. The quantitative estimate of drug-likeness (QED) is 0.524. The number of aryl methyl sites for hydroxylation is 1. The normalized spacial score (nSPS) is 22.6. The summed E-state index contributed by atoms with van der Waals surface area (Å²) in [6.07, 6.45) is 6.05. The van der Waals surface area contributed by atoms with Crippen LogP contribution in [0.1, 0.15) is 28.1 Å². The fourth-order valence-corrected chi connectivity index (χ4v) is 3.50. The monoisotopic (exact) mass is 488 g/mol. The van der Waals surface area contributed by atoms with Crippen molar-refractivity contribution < 1.29 is 6.16 Å². The van der Waals surface area contributed by atoms with Gasteiger partial charge in [-0.1, -0.05) is 0 Å². The lowest BCUT2D eigenvalue weighted by atomic mass is 10.1. The van der Waals surface area contributed by atoms with Crippen molar-refractivity contribution in [2.75, 3.05) is 31.2 Å². The van der Waals surface area contributed by atoms with Gasteiger partial charge in [0, 0.05) is 46.9 Å². The van der Waals surface area contributed by atoms with Crippen LogP contribution in [0.3, 0.4) is 0 Å². The molecule has 2 fully saturated rings. The minimum Gasteiger partial charge on any atom is -0.381 e. The molecule has 27 heavy (non-hydrogen) atoms. The molecule has 0 radical (unpaired) electrons. The first kappa shape index (κ1) is 20.2. The molecule has 2 aliphatic rings. The van der Waals surface area contributed by atoms with E-state index in [0.717, 1.165) is 43.3 Å². The number of piperazine rings is 1. The lowest BCUT2D eigenvalue weighted by Gasteiger charge is -2.38. The second-order valence-electron chi connectivity index (χ2n) is 7.09. The summed E-state index contributed by atoms with van der Waals surface area (Å²) in [5.41, 5.74) is 1.86. The molecule has 2 aliphatic heterocycles. The van der Waals surface area contributed by atoms with E-state index < -0.39 is 0 Å². The molecule has 0 aliphatic carbocycles. The maximum atomic E-state index is 4.94. The van der Waals surface area contributed by atoms with Gasteiger partial charge >= 0.3 is 0 Å². The van der Waals surface area contributed by atoms with E-state index in [4.69, 9.17) is 9.72 Å². The number of anilines is 1. The smallest absolute Gasteiger partial charge is 0.258 e. The van der Waals surface area contributed by atoms with Crippen LogP contribution in [0.2, 0.25) is 0 Å². The molecule has 2 saturated heterocycles. The van der Waals surface area contributed by atoms with Crippen molar-refractivity contribution in [1.29, 1.82) is 0 Å². The van der Waals surface area contributed by atoms with E-state index in [-0.39, 0.29) is 25.4 Å². The molecule has 0 bridgehead atoms. The molecule has 5 heterocycles. The number of imidazole rings is 1. The summed E-state index contributed by atoms with van der Waals surface area (Å²) in [4.78, 5) is 11.6. The van der Waals surface area contributed by atoms with Gasteiger partial charge in [0.05, 0.1) is 6.33 Å². The molecule has 0 saturated carbocycles. The van der Waals surface area contributed by atoms with Crippen LogP contribution in [-0.2, 0) is 11.8 Å². The third kappa shape index (κ3) is 4.02. The van der Waals surface area contributed by atoms with E-state index in [1.807, 2.05) is 22.3 Å². The molecule has 1 N–H and O–H groups in total. The van der Waals surface area contributed by atoms with Gasteiger partial charge in [0.1, 0.15) is 11.8 Å². The van der Waals surface area contributed by atoms with Crippen LogP contribution in [0.25, 0.3) is 16.9 Å². The molecule has 0 amide bonds. The summed E-state index contributed by atoms with van der Waals surface area (Å²) in [7, 11) is 1.97.